The Morgan fingerprint density at radius 3 is 2.80 bits per heavy atom. The summed E-state index contributed by atoms with van der Waals surface area (Å²) in [5, 5.41) is 17.2. The van der Waals surface area contributed by atoms with Crippen LogP contribution in [0.15, 0.2) is 23.8 Å². The second kappa shape index (κ2) is 2.39. The van der Waals surface area contributed by atoms with E-state index < -0.39 is 5.97 Å². The maximum atomic E-state index is 10.2. The summed E-state index contributed by atoms with van der Waals surface area (Å²) >= 11 is 0. The number of aliphatic carboxylic acids is 1. The van der Waals surface area contributed by atoms with Gasteiger partial charge in [-0.3, -0.25) is 0 Å². The Labute approximate surface area is 58.2 Å². The van der Waals surface area contributed by atoms with E-state index in [1.807, 2.05) is 0 Å². The van der Waals surface area contributed by atoms with Gasteiger partial charge in [-0.15, -0.1) is 0 Å². The van der Waals surface area contributed by atoms with E-state index in [9.17, 15) is 4.79 Å². The van der Waals surface area contributed by atoms with E-state index in [2.05, 4.69) is 0 Å². The molecule has 0 aromatic rings. The van der Waals surface area contributed by atoms with Gasteiger partial charge in [0.05, 0.1) is 6.08 Å². The standard InChI is InChI=1S/C7H5NO2/c8-6-3-1-2-5(4-6)7(9)10/h1-4H,(H,9,10). The average Bonchev–Trinajstić information content (AvgIpc) is 1.88. The summed E-state index contributed by atoms with van der Waals surface area (Å²) in [4.78, 5) is 10.2. The Hall–Kier alpha value is -1.51. The minimum atomic E-state index is -1.03. The molecule has 0 heterocycles. The quantitative estimate of drug-likeness (QED) is 0.540. The van der Waals surface area contributed by atoms with E-state index in [4.69, 9.17) is 10.5 Å². The molecular weight excluding hydrogens is 130 g/mol. The minimum Gasteiger partial charge on any atom is -0.779 e. The lowest BCUT2D eigenvalue weighted by atomic mass is 10.1. The number of hydrogen-bond acceptors (Lipinski definition) is 1. The van der Waals surface area contributed by atoms with Crippen LogP contribution in [0.5, 0.6) is 0 Å². The molecule has 1 aliphatic carbocycles. The van der Waals surface area contributed by atoms with Crippen LogP contribution in [0.1, 0.15) is 0 Å². The Bertz CT molecular complexity index is 236. The molecule has 10 heavy (non-hydrogen) atoms. The summed E-state index contributed by atoms with van der Waals surface area (Å²) in [5.41, 5.74) is 0.0694. The van der Waals surface area contributed by atoms with Crippen LogP contribution in [0, 0.1) is 6.42 Å². The molecule has 0 unspecified atom stereocenters. The van der Waals surface area contributed by atoms with Crippen molar-refractivity contribution in [3.8, 4) is 0 Å². The first-order chi connectivity index (χ1) is 4.70. The molecule has 1 rings (SSSR count). The van der Waals surface area contributed by atoms with Gasteiger partial charge in [0, 0.05) is 18.6 Å². The zero-order chi connectivity index (χ0) is 7.56. The molecule has 1 aliphatic rings. The Kier molecular flexibility index (Phi) is 1.58. The van der Waals surface area contributed by atoms with E-state index in [0.717, 1.165) is 0 Å². The lowest BCUT2D eigenvalue weighted by Gasteiger charge is -1.99. The van der Waals surface area contributed by atoms with Gasteiger partial charge in [0.1, 0.15) is 0 Å². The van der Waals surface area contributed by atoms with Gasteiger partial charge in [0.25, 0.3) is 0 Å². The molecule has 0 amide bonds. The third-order valence-electron chi connectivity index (χ3n) is 1.09. The predicted molar refractivity (Wildman–Crippen MR) is 37.5 cm³/mol. The molecule has 0 saturated heterocycles. The van der Waals surface area contributed by atoms with Crippen LogP contribution in [-0.2, 0) is 4.79 Å². The van der Waals surface area contributed by atoms with Gasteiger partial charge in [-0.1, -0.05) is 0 Å². The summed E-state index contributed by atoms with van der Waals surface area (Å²) in [6, 6.07) is 0. The van der Waals surface area contributed by atoms with Crippen LogP contribution < -0.4 is 0 Å². The largest absolute Gasteiger partial charge is 0.779 e. The number of allylic oxidation sites excluding steroid dienone is 2. The second-order valence-electron chi connectivity index (χ2n) is 1.86. The molecule has 0 aromatic carbocycles. The van der Waals surface area contributed by atoms with E-state index in [0.29, 0.717) is 0 Å². The number of carboxylic acids is 1. The molecule has 0 bridgehead atoms. The summed E-state index contributed by atoms with van der Waals surface area (Å²) in [6.45, 7) is 0. The van der Waals surface area contributed by atoms with Gasteiger partial charge in [-0.05, 0) is 5.71 Å². The number of hydrogen-bond donors (Lipinski definition) is 1. The minimum absolute atomic E-state index is 0.0279. The van der Waals surface area contributed by atoms with Gasteiger partial charge in [0.15, 0.2) is 5.57 Å². The molecule has 1 N–H and O–H groups in total. The molecule has 0 fully saturated rings. The lowest BCUT2D eigenvalue weighted by Crippen LogP contribution is -2.04. The fourth-order valence-electron chi connectivity index (χ4n) is 0.639. The molecule has 0 aliphatic heterocycles. The normalized spacial score (nSPS) is 16.0. The van der Waals surface area contributed by atoms with Crippen molar-refractivity contribution in [2.45, 2.75) is 0 Å². The number of rotatable bonds is 1. The van der Waals surface area contributed by atoms with Crippen molar-refractivity contribution in [3.63, 3.8) is 0 Å². The fourth-order valence-corrected chi connectivity index (χ4v) is 0.639. The van der Waals surface area contributed by atoms with Crippen LogP contribution in [0.3, 0.4) is 0 Å². The Morgan fingerprint density at radius 2 is 2.40 bits per heavy atom. The van der Waals surface area contributed by atoms with Crippen molar-refractivity contribution in [2.24, 2.45) is 0 Å². The molecule has 3 nitrogen and oxygen atoms in total. The first-order valence-electron chi connectivity index (χ1n) is 2.72. The van der Waals surface area contributed by atoms with Crippen molar-refractivity contribution < 1.29 is 9.90 Å². The topological polar surface area (TPSA) is 59.6 Å². The SMILES string of the molecule is [N-]=C1C=C(C(=O)O)C=C[CH+]1. The van der Waals surface area contributed by atoms with Gasteiger partial charge >= 0.3 is 5.97 Å². The second-order valence-corrected chi connectivity index (χ2v) is 1.86. The van der Waals surface area contributed by atoms with Crippen LogP contribution in [0.2, 0.25) is 0 Å². The summed E-state index contributed by atoms with van der Waals surface area (Å²) in [5.74, 6) is -1.03. The zero-order valence-corrected chi connectivity index (χ0v) is 5.11. The number of nitrogens with zero attached hydrogens (tertiary/aromatic N) is 1. The molecular formula is C7H5NO2. The summed E-state index contributed by atoms with van der Waals surface area (Å²) < 4.78 is 0. The molecule has 0 aromatic heterocycles. The first kappa shape index (κ1) is 6.61. The van der Waals surface area contributed by atoms with Crippen LogP contribution in [0.4, 0.5) is 0 Å². The summed E-state index contributed by atoms with van der Waals surface area (Å²) in [7, 11) is 0. The molecule has 0 atom stereocenters. The molecule has 3 heteroatoms. The van der Waals surface area contributed by atoms with E-state index in [1.165, 1.54) is 24.6 Å². The monoisotopic (exact) mass is 135 g/mol. The highest BCUT2D eigenvalue weighted by atomic mass is 16.4. The van der Waals surface area contributed by atoms with Crippen molar-refractivity contribution in [3.05, 3.63) is 35.6 Å². The van der Waals surface area contributed by atoms with Crippen molar-refractivity contribution in [1.29, 1.82) is 0 Å². The molecule has 0 saturated carbocycles. The molecule has 50 valence electrons. The van der Waals surface area contributed by atoms with Gasteiger partial charge in [-0.2, -0.15) is 0 Å². The lowest BCUT2D eigenvalue weighted by molar-refractivity contribution is -0.132. The van der Waals surface area contributed by atoms with Crippen LogP contribution in [0.25, 0.3) is 5.41 Å². The zero-order valence-electron chi connectivity index (χ0n) is 5.11. The average molecular weight is 135 g/mol. The highest BCUT2D eigenvalue weighted by Gasteiger charge is 2.11. The highest BCUT2D eigenvalue weighted by molar-refractivity contribution is 6.11. The Morgan fingerprint density at radius 1 is 1.70 bits per heavy atom. The first-order valence-corrected chi connectivity index (χ1v) is 2.72. The Balaban J connectivity index is 2.86. The predicted octanol–water partition coefficient (Wildman–Crippen LogP) is 0.782. The smallest absolute Gasteiger partial charge is 0.362 e. The number of carbonyl (C=O) groups is 1. The van der Waals surface area contributed by atoms with E-state index in [-0.39, 0.29) is 11.3 Å². The van der Waals surface area contributed by atoms with Crippen molar-refractivity contribution in [2.75, 3.05) is 0 Å². The van der Waals surface area contributed by atoms with E-state index in [1.54, 1.807) is 0 Å². The molecule has 0 spiro atoms. The van der Waals surface area contributed by atoms with Crippen LogP contribution >= 0.6 is 0 Å². The van der Waals surface area contributed by atoms with Crippen molar-refractivity contribution >= 4 is 11.7 Å². The fraction of sp³-hybridized carbons (Fsp3) is 0. The van der Waals surface area contributed by atoms with Gasteiger partial charge < -0.3 is 10.5 Å². The number of carboxylic acid groups (broad SMARTS) is 1. The maximum absolute atomic E-state index is 10.2. The maximum Gasteiger partial charge on any atom is 0.362 e. The third-order valence-corrected chi connectivity index (χ3v) is 1.09. The summed E-state index contributed by atoms with van der Waals surface area (Å²) in [6.07, 6.45) is 5.52. The van der Waals surface area contributed by atoms with Gasteiger partial charge in [-0.25, -0.2) is 4.79 Å². The third kappa shape index (κ3) is 1.25. The van der Waals surface area contributed by atoms with E-state index >= 15 is 0 Å². The molecule has 0 radical (unpaired) electrons. The van der Waals surface area contributed by atoms with Crippen LogP contribution in [-0.4, -0.2) is 16.8 Å². The van der Waals surface area contributed by atoms with Gasteiger partial charge in [0.2, 0.25) is 0 Å². The van der Waals surface area contributed by atoms with Crippen molar-refractivity contribution in [1.82, 2.24) is 0 Å². The highest BCUT2D eigenvalue weighted by Crippen LogP contribution is 2.05.